The van der Waals surface area contributed by atoms with Gasteiger partial charge in [0.25, 0.3) is 0 Å². The molecule has 0 atom stereocenters. The third-order valence-corrected chi connectivity index (χ3v) is 5.79. The Morgan fingerprint density at radius 3 is 2.46 bits per heavy atom. The highest BCUT2D eigenvalue weighted by Gasteiger charge is 2.30. The van der Waals surface area contributed by atoms with Crippen molar-refractivity contribution in [2.75, 3.05) is 24.5 Å². The molecule has 3 aromatic rings. The molecule has 3 N–H and O–H groups in total. The van der Waals surface area contributed by atoms with E-state index >= 15 is 0 Å². The van der Waals surface area contributed by atoms with Gasteiger partial charge < -0.3 is 20.6 Å². The van der Waals surface area contributed by atoms with E-state index in [1.807, 2.05) is 11.8 Å². The van der Waals surface area contributed by atoms with Crippen molar-refractivity contribution in [2.45, 2.75) is 32.0 Å². The molecule has 1 fully saturated rings. The van der Waals surface area contributed by atoms with Crippen LogP contribution in [0.15, 0.2) is 48.9 Å². The lowest BCUT2D eigenvalue weighted by Crippen LogP contribution is -2.48. The molecular weight excluding hydrogens is 461 g/mol. The zero-order valence-electron chi connectivity index (χ0n) is 19.0. The van der Waals surface area contributed by atoms with Crippen LogP contribution in [0, 0.1) is 0 Å². The Bertz CT molecular complexity index is 1180. The van der Waals surface area contributed by atoms with E-state index in [-0.39, 0.29) is 17.8 Å². The summed E-state index contributed by atoms with van der Waals surface area (Å²) in [7, 11) is 0. The van der Waals surface area contributed by atoms with Crippen LogP contribution in [-0.2, 0) is 6.18 Å². The molecule has 0 unspecified atom stereocenters. The van der Waals surface area contributed by atoms with Crippen LogP contribution < -0.4 is 15.5 Å². The number of urea groups is 1. The molecule has 0 saturated carbocycles. The van der Waals surface area contributed by atoms with E-state index in [9.17, 15) is 23.1 Å². The molecule has 4 rings (SSSR count). The number of alkyl halides is 3. The lowest BCUT2D eigenvalue weighted by Gasteiger charge is -2.33. The summed E-state index contributed by atoms with van der Waals surface area (Å²) in [4.78, 5) is 27.0. The number of hydrogen-bond donors (Lipinski definition) is 3. The van der Waals surface area contributed by atoms with E-state index in [4.69, 9.17) is 4.98 Å². The molecule has 3 heterocycles. The number of benzene rings is 1. The maximum absolute atomic E-state index is 13.0. The molecule has 0 bridgehead atoms. The van der Waals surface area contributed by atoms with Gasteiger partial charge in [0.05, 0.1) is 23.7 Å². The zero-order chi connectivity index (χ0) is 25.0. The number of pyridine rings is 1. The molecule has 2 amide bonds. The Morgan fingerprint density at radius 1 is 1.11 bits per heavy atom. The predicted molar refractivity (Wildman–Crippen MR) is 125 cm³/mol. The SMILES string of the molecule is CCNC(=O)NC1CCN(c2cnc(-c3ccc(C(F)(F)F)cc3)c(-c3ccncc3O)n2)CC1. The molecule has 1 saturated heterocycles. The second kappa shape index (κ2) is 10.2. The number of halogens is 3. The molecule has 0 aliphatic carbocycles. The number of piperidine rings is 1. The van der Waals surface area contributed by atoms with Crippen LogP contribution in [-0.4, -0.2) is 51.8 Å². The first-order valence-electron chi connectivity index (χ1n) is 11.2. The molecule has 1 aliphatic heterocycles. The van der Waals surface area contributed by atoms with E-state index in [2.05, 4.69) is 20.6 Å². The van der Waals surface area contributed by atoms with Gasteiger partial charge in [0.15, 0.2) is 0 Å². The predicted octanol–water partition coefficient (Wildman–Crippen LogP) is 4.22. The summed E-state index contributed by atoms with van der Waals surface area (Å²) in [6.45, 7) is 3.67. The summed E-state index contributed by atoms with van der Waals surface area (Å²) in [5.74, 6) is 0.459. The molecule has 0 spiro atoms. The van der Waals surface area contributed by atoms with E-state index in [1.54, 1.807) is 12.3 Å². The fourth-order valence-electron chi connectivity index (χ4n) is 3.98. The number of aromatic hydroxyl groups is 1. The first-order valence-corrected chi connectivity index (χ1v) is 11.2. The minimum Gasteiger partial charge on any atom is -0.506 e. The summed E-state index contributed by atoms with van der Waals surface area (Å²) >= 11 is 0. The van der Waals surface area contributed by atoms with Gasteiger partial charge in [-0.2, -0.15) is 13.2 Å². The summed E-state index contributed by atoms with van der Waals surface area (Å²) in [5.41, 5.74) is 0.731. The van der Waals surface area contributed by atoms with Gasteiger partial charge in [-0.3, -0.25) is 9.97 Å². The molecule has 1 aromatic carbocycles. The van der Waals surface area contributed by atoms with E-state index in [0.29, 0.717) is 48.0 Å². The quantitative estimate of drug-likeness (QED) is 0.499. The van der Waals surface area contributed by atoms with Crippen molar-refractivity contribution in [1.82, 2.24) is 25.6 Å². The lowest BCUT2D eigenvalue weighted by molar-refractivity contribution is -0.137. The minimum atomic E-state index is -4.45. The number of amides is 2. The van der Waals surface area contributed by atoms with Crippen molar-refractivity contribution in [3.63, 3.8) is 0 Å². The van der Waals surface area contributed by atoms with Crippen LogP contribution in [0.2, 0.25) is 0 Å². The Kier molecular flexibility index (Phi) is 7.04. The van der Waals surface area contributed by atoms with Gasteiger partial charge in [0.2, 0.25) is 0 Å². The fourth-order valence-corrected chi connectivity index (χ4v) is 3.98. The van der Waals surface area contributed by atoms with Gasteiger partial charge in [-0.05, 0) is 38.0 Å². The van der Waals surface area contributed by atoms with Crippen LogP contribution in [0.25, 0.3) is 22.5 Å². The molecule has 0 radical (unpaired) electrons. The monoisotopic (exact) mass is 486 g/mol. The normalized spacial score (nSPS) is 14.6. The van der Waals surface area contributed by atoms with Gasteiger partial charge in [-0.1, -0.05) is 12.1 Å². The summed E-state index contributed by atoms with van der Waals surface area (Å²) < 4.78 is 39.0. The Morgan fingerprint density at radius 2 is 1.83 bits per heavy atom. The first kappa shape index (κ1) is 24.2. The number of hydrogen-bond acceptors (Lipinski definition) is 6. The maximum Gasteiger partial charge on any atom is 0.416 e. The van der Waals surface area contributed by atoms with Gasteiger partial charge in [-0.15, -0.1) is 0 Å². The smallest absolute Gasteiger partial charge is 0.416 e. The highest BCUT2D eigenvalue weighted by Crippen LogP contribution is 2.36. The highest BCUT2D eigenvalue weighted by atomic mass is 19.4. The van der Waals surface area contributed by atoms with E-state index in [0.717, 1.165) is 25.0 Å². The van der Waals surface area contributed by atoms with Gasteiger partial charge >= 0.3 is 12.2 Å². The number of carbonyl (C=O) groups excluding carboxylic acids is 1. The Hall–Kier alpha value is -3.89. The second-order valence-electron chi connectivity index (χ2n) is 8.16. The van der Waals surface area contributed by atoms with E-state index < -0.39 is 11.7 Å². The van der Waals surface area contributed by atoms with Crippen LogP contribution >= 0.6 is 0 Å². The van der Waals surface area contributed by atoms with Crippen LogP contribution in [0.3, 0.4) is 0 Å². The van der Waals surface area contributed by atoms with E-state index in [1.165, 1.54) is 24.5 Å². The molecule has 11 heteroatoms. The Balaban J connectivity index is 1.63. The highest BCUT2D eigenvalue weighted by molar-refractivity contribution is 5.81. The molecule has 35 heavy (non-hydrogen) atoms. The molecule has 1 aliphatic rings. The van der Waals surface area contributed by atoms with Crippen LogP contribution in [0.4, 0.5) is 23.8 Å². The largest absolute Gasteiger partial charge is 0.506 e. The van der Waals surface area contributed by atoms with Crippen molar-refractivity contribution in [2.24, 2.45) is 0 Å². The second-order valence-corrected chi connectivity index (χ2v) is 8.16. The summed E-state index contributed by atoms with van der Waals surface area (Å²) in [5, 5.41) is 16.1. The van der Waals surface area contributed by atoms with Gasteiger partial charge in [-0.25, -0.2) is 9.78 Å². The number of rotatable bonds is 5. The zero-order valence-corrected chi connectivity index (χ0v) is 19.0. The van der Waals surface area contributed by atoms with Crippen molar-refractivity contribution in [3.05, 3.63) is 54.5 Å². The number of aromatic nitrogens is 3. The topological polar surface area (TPSA) is 103 Å². The number of carbonyl (C=O) groups is 1. The molecular formula is C24H25F3N6O2. The third-order valence-electron chi connectivity index (χ3n) is 5.79. The average Bonchev–Trinajstić information content (AvgIpc) is 2.84. The third kappa shape index (κ3) is 5.61. The van der Waals surface area contributed by atoms with Crippen molar-refractivity contribution in [1.29, 1.82) is 0 Å². The number of anilines is 1. The van der Waals surface area contributed by atoms with Crippen molar-refractivity contribution in [3.8, 4) is 28.3 Å². The maximum atomic E-state index is 13.0. The lowest BCUT2D eigenvalue weighted by atomic mass is 10.0. The van der Waals surface area contributed by atoms with Crippen LogP contribution in [0.1, 0.15) is 25.3 Å². The van der Waals surface area contributed by atoms with Crippen LogP contribution in [0.5, 0.6) is 5.75 Å². The first-order chi connectivity index (χ1) is 16.8. The number of nitrogens with zero attached hydrogens (tertiary/aromatic N) is 4. The Labute approximate surface area is 200 Å². The standard InChI is InChI=1S/C24H25F3N6O2/c1-2-29-23(35)31-17-8-11-33(12-9-17)20-14-30-21(15-3-5-16(6-4-15)24(25,26)27)22(32-20)18-7-10-28-13-19(18)34/h3-7,10,13-14,17,34H,2,8-9,11-12H2,1H3,(H2,29,31,35). The molecule has 8 nitrogen and oxygen atoms in total. The minimum absolute atomic E-state index is 0.0425. The number of nitrogens with one attached hydrogen (secondary N) is 2. The van der Waals surface area contributed by atoms with Crippen molar-refractivity contribution >= 4 is 11.8 Å². The van der Waals surface area contributed by atoms with Gasteiger partial charge in [0, 0.05) is 43.0 Å². The average molecular weight is 486 g/mol. The molecule has 2 aromatic heterocycles. The summed E-state index contributed by atoms with van der Waals surface area (Å²) in [6, 6.07) is 6.10. The summed E-state index contributed by atoms with van der Waals surface area (Å²) in [6.07, 6.45) is 1.34. The van der Waals surface area contributed by atoms with Gasteiger partial charge in [0.1, 0.15) is 17.3 Å². The fraction of sp³-hybridized carbons (Fsp3) is 0.333. The van der Waals surface area contributed by atoms with Crippen molar-refractivity contribution < 1.29 is 23.1 Å². The molecule has 184 valence electrons.